The molecule has 0 bridgehead atoms. The second-order valence-corrected chi connectivity index (χ2v) is 10.0. The molecule has 0 aromatic heterocycles. The van der Waals surface area contributed by atoms with Crippen LogP contribution in [0.1, 0.15) is 44.9 Å². The molecule has 1 aliphatic rings. The number of carboxylic acids is 1. The molecule has 3 N–H and O–H groups in total. The Balaban J connectivity index is 2.30. The number of carbonyl (C=O) groups is 2. The Hall–Kier alpha value is -2.12. The molecule has 0 saturated heterocycles. The SMILES string of the molecule is CC(C)(C)CN1C(=O)[C@H](C(C)(N)C(=O)O)O[C@@H](c2ccccc2Cl)c2cc(Cl)ccc21. The van der Waals surface area contributed by atoms with Crippen molar-refractivity contribution in [1.29, 1.82) is 0 Å². The van der Waals surface area contributed by atoms with Gasteiger partial charge in [-0.2, -0.15) is 0 Å². The number of hydrogen-bond donors (Lipinski definition) is 2. The minimum atomic E-state index is -1.97. The van der Waals surface area contributed by atoms with Crippen LogP contribution in [-0.4, -0.2) is 35.2 Å². The minimum Gasteiger partial charge on any atom is -0.480 e. The van der Waals surface area contributed by atoms with Gasteiger partial charge in [-0.3, -0.25) is 9.59 Å². The van der Waals surface area contributed by atoms with E-state index in [0.717, 1.165) is 0 Å². The molecule has 6 nitrogen and oxygen atoms in total. The number of aliphatic carboxylic acids is 1. The lowest BCUT2D eigenvalue weighted by atomic mass is 9.92. The van der Waals surface area contributed by atoms with E-state index in [0.29, 0.717) is 33.4 Å². The zero-order valence-electron chi connectivity index (χ0n) is 17.9. The van der Waals surface area contributed by atoms with Gasteiger partial charge in [0, 0.05) is 33.4 Å². The Morgan fingerprint density at radius 3 is 2.35 bits per heavy atom. The van der Waals surface area contributed by atoms with Crippen LogP contribution in [0.15, 0.2) is 42.5 Å². The van der Waals surface area contributed by atoms with Crippen molar-refractivity contribution in [2.75, 3.05) is 11.4 Å². The highest BCUT2D eigenvalue weighted by molar-refractivity contribution is 6.31. The molecule has 1 unspecified atom stereocenters. The summed E-state index contributed by atoms with van der Waals surface area (Å²) in [5.74, 6) is -1.87. The molecule has 166 valence electrons. The molecular formula is C23H26Cl2N2O4. The van der Waals surface area contributed by atoms with Gasteiger partial charge < -0.3 is 20.5 Å². The molecule has 8 heteroatoms. The lowest BCUT2D eigenvalue weighted by Crippen LogP contribution is -2.62. The molecular weight excluding hydrogens is 439 g/mol. The fourth-order valence-electron chi connectivity index (χ4n) is 3.59. The van der Waals surface area contributed by atoms with E-state index in [1.54, 1.807) is 47.4 Å². The predicted molar refractivity (Wildman–Crippen MR) is 122 cm³/mol. The van der Waals surface area contributed by atoms with Gasteiger partial charge in [-0.05, 0) is 36.6 Å². The van der Waals surface area contributed by atoms with E-state index in [-0.39, 0.29) is 5.41 Å². The van der Waals surface area contributed by atoms with Crippen LogP contribution in [0.3, 0.4) is 0 Å². The number of benzene rings is 2. The van der Waals surface area contributed by atoms with E-state index in [1.807, 2.05) is 20.8 Å². The van der Waals surface area contributed by atoms with Crippen molar-refractivity contribution in [3.8, 4) is 0 Å². The minimum absolute atomic E-state index is 0.282. The molecule has 1 heterocycles. The van der Waals surface area contributed by atoms with E-state index in [4.69, 9.17) is 33.7 Å². The first kappa shape index (κ1) is 23.5. The van der Waals surface area contributed by atoms with Gasteiger partial charge in [-0.25, -0.2) is 0 Å². The largest absolute Gasteiger partial charge is 0.480 e. The van der Waals surface area contributed by atoms with Gasteiger partial charge >= 0.3 is 5.97 Å². The van der Waals surface area contributed by atoms with Crippen LogP contribution in [0, 0.1) is 5.41 Å². The van der Waals surface area contributed by atoms with Crippen molar-refractivity contribution >= 4 is 40.8 Å². The summed E-state index contributed by atoms with van der Waals surface area (Å²) in [6.45, 7) is 7.56. The van der Waals surface area contributed by atoms with Gasteiger partial charge in [0.25, 0.3) is 5.91 Å². The maximum Gasteiger partial charge on any atom is 0.326 e. The third-order valence-electron chi connectivity index (χ3n) is 5.15. The molecule has 0 radical (unpaired) electrons. The van der Waals surface area contributed by atoms with Gasteiger partial charge in [0.1, 0.15) is 11.6 Å². The number of carboxylic acid groups (broad SMARTS) is 1. The number of amides is 1. The fraction of sp³-hybridized carbons (Fsp3) is 0.391. The van der Waals surface area contributed by atoms with Crippen molar-refractivity contribution in [3.05, 3.63) is 63.6 Å². The molecule has 0 spiro atoms. The first-order valence-electron chi connectivity index (χ1n) is 9.86. The Morgan fingerprint density at radius 2 is 1.77 bits per heavy atom. The van der Waals surface area contributed by atoms with Crippen molar-refractivity contribution in [2.45, 2.75) is 45.4 Å². The van der Waals surface area contributed by atoms with Gasteiger partial charge in [0.2, 0.25) is 0 Å². The maximum atomic E-state index is 13.7. The van der Waals surface area contributed by atoms with Crippen LogP contribution in [0.25, 0.3) is 0 Å². The highest BCUT2D eigenvalue weighted by Gasteiger charge is 2.49. The molecule has 3 rings (SSSR count). The maximum absolute atomic E-state index is 13.7. The predicted octanol–water partition coefficient (Wildman–Crippen LogP) is 4.66. The molecule has 0 aliphatic carbocycles. The average Bonchev–Trinajstić information content (AvgIpc) is 2.77. The number of rotatable bonds is 4. The van der Waals surface area contributed by atoms with Crippen LogP contribution in [0.2, 0.25) is 10.0 Å². The molecule has 3 atom stereocenters. The van der Waals surface area contributed by atoms with E-state index in [2.05, 4.69) is 0 Å². The first-order chi connectivity index (χ1) is 14.3. The first-order valence-corrected chi connectivity index (χ1v) is 10.6. The molecule has 0 fully saturated rings. The zero-order chi connectivity index (χ0) is 23.1. The Kier molecular flexibility index (Phi) is 6.40. The lowest BCUT2D eigenvalue weighted by molar-refractivity contribution is -0.157. The molecule has 0 saturated carbocycles. The monoisotopic (exact) mass is 464 g/mol. The van der Waals surface area contributed by atoms with Gasteiger partial charge in [0.05, 0.1) is 0 Å². The normalized spacial score (nSPS) is 21.3. The van der Waals surface area contributed by atoms with E-state index in [9.17, 15) is 14.7 Å². The fourth-order valence-corrected chi connectivity index (χ4v) is 4.00. The van der Waals surface area contributed by atoms with Crippen molar-refractivity contribution in [1.82, 2.24) is 0 Å². The highest BCUT2D eigenvalue weighted by atomic mass is 35.5. The Bertz CT molecular complexity index is 1020. The quantitative estimate of drug-likeness (QED) is 0.685. The van der Waals surface area contributed by atoms with E-state index < -0.39 is 29.6 Å². The summed E-state index contributed by atoms with van der Waals surface area (Å²) in [5, 5.41) is 10.6. The summed E-state index contributed by atoms with van der Waals surface area (Å²) in [6.07, 6.45) is -2.30. The number of nitrogens with two attached hydrogens (primary N) is 1. The van der Waals surface area contributed by atoms with Crippen LogP contribution < -0.4 is 10.6 Å². The number of ether oxygens (including phenoxy) is 1. The summed E-state index contributed by atoms with van der Waals surface area (Å²) >= 11 is 12.8. The molecule has 2 aromatic rings. The summed E-state index contributed by atoms with van der Waals surface area (Å²) in [7, 11) is 0. The average molecular weight is 465 g/mol. The number of hydrogen-bond acceptors (Lipinski definition) is 4. The third kappa shape index (κ3) is 4.72. The highest BCUT2D eigenvalue weighted by Crippen LogP contribution is 2.43. The summed E-state index contributed by atoms with van der Waals surface area (Å²) in [4.78, 5) is 27.2. The van der Waals surface area contributed by atoms with Crippen molar-refractivity contribution < 1.29 is 19.4 Å². The van der Waals surface area contributed by atoms with Crippen molar-refractivity contribution in [2.24, 2.45) is 11.1 Å². The molecule has 1 amide bonds. The van der Waals surface area contributed by atoms with Gasteiger partial charge in [0.15, 0.2) is 6.10 Å². The molecule has 2 aromatic carbocycles. The second kappa shape index (κ2) is 8.43. The Morgan fingerprint density at radius 1 is 1.13 bits per heavy atom. The second-order valence-electron chi connectivity index (χ2n) is 9.19. The number of nitrogens with zero attached hydrogens (tertiary/aromatic N) is 1. The van der Waals surface area contributed by atoms with Gasteiger partial charge in [-0.1, -0.05) is 62.2 Å². The summed E-state index contributed by atoms with van der Waals surface area (Å²) in [5.41, 5.74) is 5.66. The van der Waals surface area contributed by atoms with Crippen molar-refractivity contribution in [3.63, 3.8) is 0 Å². The van der Waals surface area contributed by atoms with Crippen LogP contribution in [-0.2, 0) is 14.3 Å². The molecule has 31 heavy (non-hydrogen) atoms. The lowest BCUT2D eigenvalue weighted by Gasteiger charge is -2.35. The summed E-state index contributed by atoms with van der Waals surface area (Å²) < 4.78 is 6.20. The van der Waals surface area contributed by atoms with E-state index >= 15 is 0 Å². The number of anilines is 1. The topological polar surface area (TPSA) is 92.9 Å². The number of halogens is 2. The number of fused-ring (bicyclic) bond motifs is 1. The smallest absolute Gasteiger partial charge is 0.326 e. The molecule has 1 aliphatic heterocycles. The summed E-state index contributed by atoms with van der Waals surface area (Å²) in [6, 6.07) is 12.2. The van der Waals surface area contributed by atoms with Gasteiger partial charge in [-0.15, -0.1) is 0 Å². The Labute approximate surface area is 191 Å². The standard InChI is InChI=1S/C23H26Cl2N2O4/c1-22(2,3)12-27-17-10-9-13(24)11-15(17)18(14-7-5-6-8-16(14)25)31-19(20(27)28)23(4,26)21(29)30/h5-11,18-19H,12,26H2,1-4H3,(H,29,30)/t18-,19+,23?/m0/s1. The van der Waals surface area contributed by atoms with Crippen LogP contribution in [0.5, 0.6) is 0 Å². The van der Waals surface area contributed by atoms with E-state index in [1.165, 1.54) is 6.92 Å². The number of carbonyl (C=O) groups excluding carboxylic acids is 1. The van der Waals surface area contributed by atoms with Crippen LogP contribution >= 0.6 is 23.2 Å². The zero-order valence-corrected chi connectivity index (χ0v) is 19.4. The van der Waals surface area contributed by atoms with Crippen LogP contribution in [0.4, 0.5) is 5.69 Å². The third-order valence-corrected chi connectivity index (χ3v) is 5.73.